The van der Waals surface area contributed by atoms with Crippen molar-refractivity contribution in [1.82, 2.24) is 10.3 Å². The van der Waals surface area contributed by atoms with E-state index in [2.05, 4.69) is 0 Å². The van der Waals surface area contributed by atoms with Gasteiger partial charge in [0, 0.05) is 23.8 Å². The van der Waals surface area contributed by atoms with Crippen LogP contribution in [0, 0.1) is 0 Å². The largest absolute Gasteiger partial charge is 0.293 e. The summed E-state index contributed by atoms with van der Waals surface area (Å²) < 4.78 is 23.6. The van der Waals surface area contributed by atoms with Gasteiger partial charge in [0.25, 0.3) is 0 Å². The molecular weight excluding hydrogens is 250 g/mol. The zero-order valence-corrected chi connectivity index (χ0v) is 10.8. The number of hydrazine groups is 1. The summed E-state index contributed by atoms with van der Waals surface area (Å²) >= 11 is 1.60. The smallest absolute Gasteiger partial charge is 0.248 e. The lowest BCUT2D eigenvalue weighted by atomic mass is 10.4. The summed E-state index contributed by atoms with van der Waals surface area (Å²) in [6, 6.07) is 0. The van der Waals surface area contributed by atoms with Gasteiger partial charge in [-0.2, -0.15) is 11.8 Å². The van der Waals surface area contributed by atoms with Crippen LogP contribution in [-0.4, -0.2) is 54.9 Å². The molecule has 8 heteroatoms. The van der Waals surface area contributed by atoms with E-state index in [0.717, 1.165) is 5.75 Å². The predicted octanol–water partition coefficient (Wildman–Crippen LogP) is -1.21. The Labute approximate surface area is 99.8 Å². The van der Waals surface area contributed by atoms with Gasteiger partial charge < -0.3 is 0 Å². The number of rotatable bonds is 4. The van der Waals surface area contributed by atoms with Crippen molar-refractivity contribution in [1.29, 1.82) is 0 Å². The zero-order valence-electron chi connectivity index (χ0n) is 9.18. The van der Waals surface area contributed by atoms with Crippen molar-refractivity contribution < 1.29 is 13.2 Å². The molecule has 1 heterocycles. The average molecular weight is 267 g/mol. The van der Waals surface area contributed by atoms with Crippen LogP contribution >= 0.6 is 11.8 Å². The molecule has 0 aromatic heterocycles. The summed E-state index contributed by atoms with van der Waals surface area (Å²) in [5, 5.41) is -0.562. The number of nitrogens with one attached hydrogen (secondary N) is 1. The van der Waals surface area contributed by atoms with Gasteiger partial charge in [0.2, 0.25) is 5.91 Å². The van der Waals surface area contributed by atoms with E-state index >= 15 is 0 Å². The molecule has 0 bridgehead atoms. The maximum Gasteiger partial charge on any atom is 0.248 e. The summed E-state index contributed by atoms with van der Waals surface area (Å²) in [6.07, 6.45) is 0. The standard InChI is InChI=1S/C8H17N3O3S2/c1-2-16(13,14)8-6-15-4-3-11(8)5-7(12)10-9/h8H,2-6,9H2,1H3,(H,10,12). The minimum atomic E-state index is -3.14. The van der Waals surface area contributed by atoms with Gasteiger partial charge in [0.15, 0.2) is 9.84 Å². The third-order valence-electron chi connectivity index (χ3n) is 2.52. The molecule has 0 saturated carbocycles. The molecule has 1 fully saturated rings. The first-order valence-electron chi connectivity index (χ1n) is 5.04. The Balaban J connectivity index is 2.75. The average Bonchev–Trinajstić information content (AvgIpc) is 2.29. The highest BCUT2D eigenvalue weighted by atomic mass is 32.2. The number of hydrogen-bond donors (Lipinski definition) is 2. The Morgan fingerprint density at radius 2 is 2.31 bits per heavy atom. The van der Waals surface area contributed by atoms with Gasteiger partial charge in [0.1, 0.15) is 5.37 Å². The zero-order chi connectivity index (χ0) is 12.2. The fourth-order valence-corrected chi connectivity index (χ4v) is 4.63. The number of nitrogens with zero attached hydrogens (tertiary/aromatic N) is 1. The first-order chi connectivity index (χ1) is 7.51. The lowest BCUT2D eigenvalue weighted by Crippen LogP contribution is -2.52. The van der Waals surface area contributed by atoms with Gasteiger partial charge in [-0.1, -0.05) is 6.92 Å². The van der Waals surface area contributed by atoms with E-state index in [4.69, 9.17) is 5.84 Å². The second-order valence-electron chi connectivity index (χ2n) is 3.52. The number of hydrogen-bond acceptors (Lipinski definition) is 6. The van der Waals surface area contributed by atoms with E-state index in [1.54, 1.807) is 23.6 Å². The second-order valence-corrected chi connectivity index (χ2v) is 7.12. The quantitative estimate of drug-likeness (QED) is 0.377. The molecule has 0 radical (unpaired) electrons. The molecule has 3 N–H and O–H groups in total. The Morgan fingerprint density at radius 1 is 1.62 bits per heavy atom. The SMILES string of the molecule is CCS(=O)(=O)C1CSCCN1CC(=O)NN. The molecule has 0 aliphatic carbocycles. The molecule has 6 nitrogen and oxygen atoms in total. The van der Waals surface area contributed by atoms with Crippen molar-refractivity contribution in [2.24, 2.45) is 5.84 Å². The fraction of sp³-hybridized carbons (Fsp3) is 0.875. The van der Waals surface area contributed by atoms with Crippen LogP contribution in [0.15, 0.2) is 0 Å². The highest BCUT2D eigenvalue weighted by Crippen LogP contribution is 2.20. The van der Waals surface area contributed by atoms with E-state index in [1.165, 1.54) is 0 Å². The highest BCUT2D eigenvalue weighted by molar-refractivity contribution is 8.01. The van der Waals surface area contributed by atoms with Crippen molar-refractivity contribution >= 4 is 27.5 Å². The van der Waals surface area contributed by atoms with E-state index < -0.39 is 15.2 Å². The summed E-state index contributed by atoms with van der Waals surface area (Å²) in [7, 11) is -3.14. The van der Waals surface area contributed by atoms with Crippen LogP contribution in [-0.2, 0) is 14.6 Å². The van der Waals surface area contributed by atoms with Crippen LogP contribution in [0.1, 0.15) is 6.92 Å². The molecule has 0 aromatic carbocycles. The van der Waals surface area contributed by atoms with Gasteiger partial charge in [-0.25, -0.2) is 14.3 Å². The number of thioether (sulfide) groups is 1. The van der Waals surface area contributed by atoms with E-state index in [9.17, 15) is 13.2 Å². The molecule has 1 unspecified atom stereocenters. The second kappa shape index (κ2) is 5.85. The fourth-order valence-electron chi connectivity index (χ4n) is 1.55. The molecule has 16 heavy (non-hydrogen) atoms. The summed E-state index contributed by atoms with van der Waals surface area (Å²) in [5.74, 6) is 6.10. The molecule has 0 spiro atoms. The summed E-state index contributed by atoms with van der Waals surface area (Å²) in [6.45, 7) is 2.26. The number of carbonyl (C=O) groups excluding carboxylic acids is 1. The number of amides is 1. The summed E-state index contributed by atoms with van der Waals surface area (Å²) in [5.41, 5.74) is 2.02. The van der Waals surface area contributed by atoms with Crippen LogP contribution in [0.25, 0.3) is 0 Å². The predicted molar refractivity (Wildman–Crippen MR) is 64.5 cm³/mol. The molecule has 1 rings (SSSR count). The highest BCUT2D eigenvalue weighted by Gasteiger charge is 2.33. The van der Waals surface area contributed by atoms with Crippen LogP contribution in [0.4, 0.5) is 0 Å². The summed E-state index contributed by atoms with van der Waals surface area (Å²) in [4.78, 5) is 12.8. The van der Waals surface area contributed by atoms with Gasteiger partial charge in [-0.05, 0) is 0 Å². The Bertz CT molecular complexity index is 344. The molecule has 94 valence electrons. The van der Waals surface area contributed by atoms with Crippen LogP contribution in [0.3, 0.4) is 0 Å². The van der Waals surface area contributed by atoms with E-state index in [0.29, 0.717) is 12.3 Å². The Hall–Kier alpha value is -0.310. The van der Waals surface area contributed by atoms with Gasteiger partial charge in [0.05, 0.1) is 6.54 Å². The molecule has 1 amide bonds. The van der Waals surface area contributed by atoms with Crippen molar-refractivity contribution in [3.8, 4) is 0 Å². The van der Waals surface area contributed by atoms with Gasteiger partial charge in [-0.3, -0.25) is 15.1 Å². The van der Waals surface area contributed by atoms with E-state index in [-0.39, 0.29) is 18.2 Å². The van der Waals surface area contributed by atoms with Crippen molar-refractivity contribution in [2.75, 3.05) is 30.3 Å². The maximum atomic E-state index is 11.8. The van der Waals surface area contributed by atoms with Crippen LogP contribution < -0.4 is 11.3 Å². The first kappa shape index (κ1) is 13.8. The number of nitrogens with two attached hydrogens (primary N) is 1. The van der Waals surface area contributed by atoms with Gasteiger partial charge in [-0.15, -0.1) is 0 Å². The Kier molecular flexibility index (Phi) is 5.03. The van der Waals surface area contributed by atoms with Gasteiger partial charge >= 0.3 is 0 Å². The topological polar surface area (TPSA) is 92.5 Å². The monoisotopic (exact) mass is 267 g/mol. The third-order valence-corrected chi connectivity index (χ3v) is 5.85. The third kappa shape index (κ3) is 3.34. The first-order valence-corrected chi connectivity index (χ1v) is 7.91. The van der Waals surface area contributed by atoms with Crippen LogP contribution in [0.2, 0.25) is 0 Å². The van der Waals surface area contributed by atoms with E-state index in [1.807, 2.05) is 5.43 Å². The molecule has 1 aliphatic rings. The van der Waals surface area contributed by atoms with Crippen molar-refractivity contribution in [2.45, 2.75) is 12.3 Å². The normalized spacial score (nSPS) is 23.0. The minimum Gasteiger partial charge on any atom is -0.293 e. The molecule has 1 aliphatic heterocycles. The maximum absolute atomic E-state index is 11.8. The van der Waals surface area contributed by atoms with Crippen molar-refractivity contribution in [3.63, 3.8) is 0 Å². The molecular formula is C8H17N3O3S2. The molecule has 1 atom stereocenters. The molecule has 1 saturated heterocycles. The van der Waals surface area contributed by atoms with Crippen LogP contribution in [0.5, 0.6) is 0 Å². The lowest BCUT2D eigenvalue weighted by molar-refractivity contribution is -0.122. The minimum absolute atomic E-state index is 0.0426. The number of sulfone groups is 1. The van der Waals surface area contributed by atoms with Crippen molar-refractivity contribution in [3.05, 3.63) is 0 Å². The Morgan fingerprint density at radius 3 is 2.88 bits per heavy atom. The number of carbonyl (C=O) groups is 1. The lowest BCUT2D eigenvalue weighted by Gasteiger charge is -2.33. The molecule has 0 aromatic rings.